The van der Waals surface area contributed by atoms with E-state index in [1.165, 1.54) is 18.2 Å². The third-order valence-corrected chi connectivity index (χ3v) is 2.83. The fourth-order valence-electron chi connectivity index (χ4n) is 1.93. The molecule has 0 unspecified atom stereocenters. The average Bonchev–Trinajstić information content (AvgIpc) is 2.75. The van der Waals surface area contributed by atoms with Crippen LogP contribution in [0.2, 0.25) is 0 Å². The predicted molar refractivity (Wildman–Crippen MR) is 73.3 cm³/mol. The topological polar surface area (TPSA) is 37.3 Å². The lowest BCUT2D eigenvalue weighted by atomic mass is 10.1. The number of rotatable bonds is 2. The van der Waals surface area contributed by atoms with E-state index in [0.29, 0.717) is 0 Å². The molecular formula is C15H11FN2O. The third kappa shape index (κ3) is 2.47. The molecule has 2 aromatic heterocycles. The van der Waals surface area contributed by atoms with Crippen LogP contribution in [-0.2, 0) is 0 Å². The summed E-state index contributed by atoms with van der Waals surface area (Å²) in [5.74, 6) is -0.257. The molecule has 0 saturated heterocycles. The van der Waals surface area contributed by atoms with Gasteiger partial charge in [0, 0.05) is 12.3 Å². The summed E-state index contributed by atoms with van der Waals surface area (Å²) in [6.07, 6.45) is 5.50. The van der Waals surface area contributed by atoms with Gasteiger partial charge in [0.2, 0.25) is 0 Å². The van der Waals surface area contributed by atoms with Crippen molar-refractivity contribution < 1.29 is 4.39 Å². The molecule has 2 heterocycles. The van der Waals surface area contributed by atoms with E-state index in [4.69, 9.17) is 0 Å². The van der Waals surface area contributed by atoms with Gasteiger partial charge in [-0.1, -0.05) is 30.4 Å². The number of nitrogens with zero attached hydrogens (tertiary/aromatic N) is 1. The van der Waals surface area contributed by atoms with Crippen LogP contribution in [0.25, 0.3) is 17.7 Å². The molecule has 0 aliphatic rings. The van der Waals surface area contributed by atoms with Crippen LogP contribution in [0.3, 0.4) is 0 Å². The molecule has 3 nitrogen and oxygen atoms in total. The van der Waals surface area contributed by atoms with Crippen LogP contribution in [-0.4, -0.2) is 9.61 Å². The minimum atomic E-state index is -0.257. The number of halogens is 1. The number of hydrogen-bond donors (Lipinski definition) is 1. The van der Waals surface area contributed by atoms with Gasteiger partial charge in [0.1, 0.15) is 5.82 Å². The molecule has 0 aliphatic heterocycles. The second-order valence-corrected chi connectivity index (χ2v) is 4.27. The van der Waals surface area contributed by atoms with Crippen molar-refractivity contribution in [2.45, 2.75) is 0 Å². The zero-order valence-electron chi connectivity index (χ0n) is 10.0. The summed E-state index contributed by atoms with van der Waals surface area (Å²) in [5.41, 5.74) is 2.39. The molecule has 0 spiro atoms. The first kappa shape index (κ1) is 11.5. The number of pyridine rings is 1. The molecule has 0 aliphatic carbocycles. The summed E-state index contributed by atoms with van der Waals surface area (Å²) in [4.78, 5) is 11.2. The molecule has 1 N–H and O–H groups in total. The van der Waals surface area contributed by atoms with Gasteiger partial charge in [-0.15, -0.1) is 0 Å². The average molecular weight is 254 g/mol. The Balaban J connectivity index is 1.94. The normalized spacial score (nSPS) is 11.4. The summed E-state index contributed by atoms with van der Waals surface area (Å²) in [7, 11) is 0. The maximum absolute atomic E-state index is 13.0. The van der Waals surface area contributed by atoms with Gasteiger partial charge in [-0.3, -0.25) is 14.4 Å². The van der Waals surface area contributed by atoms with Crippen molar-refractivity contribution in [2.24, 2.45) is 0 Å². The Labute approximate surface area is 108 Å². The molecule has 1 aromatic carbocycles. The molecule has 0 fully saturated rings. The highest BCUT2D eigenvalue weighted by Gasteiger charge is 1.96. The van der Waals surface area contributed by atoms with Gasteiger partial charge in [0.15, 0.2) is 0 Å². The van der Waals surface area contributed by atoms with E-state index in [9.17, 15) is 9.18 Å². The van der Waals surface area contributed by atoms with Crippen molar-refractivity contribution in [1.82, 2.24) is 9.61 Å². The maximum atomic E-state index is 13.0. The Morgan fingerprint density at radius 3 is 2.74 bits per heavy atom. The highest BCUT2D eigenvalue weighted by molar-refractivity contribution is 5.70. The Morgan fingerprint density at radius 2 is 1.89 bits per heavy atom. The molecule has 94 valence electrons. The third-order valence-electron chi connectivity index (χ3n) is 2.83. The van der Waals surface area contributed by atoms with Gasteiger partial charge >= 0.3 is 0 Å². The van der Waals surface area contributed by atoms with Gasteiger partial charge in [-0.05, 0) is 29.3 Å². The van der Waals surface area contributed by atoms with Crippen molar-refractivity contribution >= 4 is 17.7 Å². The van der Waals surface area contributed by atoms with Crippen molar-refractivity contribution in [3.05, 3.63) is 76.0 Å². The molecule has 0 bridgehead atoms. The molecule has 0 saturated carbocycles. The molecule has 0 amide bonds. The van der Waals surface area contributed by atoms with Crippen LogP contribution in [0.4, 0.5) is 4.39 Å². The molecule has 0 atom stereocenters. The number of benzene rings is 1. The van der Waals surface area contributed by atoms with E-state index in [-0.39, 0.29) is 11.4 Å². The lowest BCUT2D eigenvalue weighted by Crippen LogP contribution is -1.98. The lowest BCUT2D eigenvalue weighted by molar-refractivity contribution is 0.627. The number of aromatic amines is 1. The zero-order valence-corrected chi connectivity index (χ0v) is 10.0. The van der Waals surface area contributed by atoms with Crippen molar-refractivity contribution in [3.8, 4) is 0 Å². The first-order valence-electron chi connectivity index (χ1n) is 5.86. The maximum Gasteiger partial charge on any atom is 0.264 e. The standard InChI is InChI=1S/C15H11FN2O/c16-13-3-1-2-11(8-13)4-5-12-6-7-14-9-15(19)17-18(14)10-12/h1-10H,(H,17,19)/b5-4+. The Kier molecular flexibility index (Phi) is 2.76. The Bertz CT molecular complexity index is 814. The second-order valence-electron chi connectivity index (χ2n) is 4.27. The summed E-state index contributed by atoms with van der Waals surface area (Å²) >= 11 is 0. The molecule has 0 radical (unpaired) electrons. The molecule has 3 rings (SSSR count). The van der Waals surface area contributed by atoms with E-state index in [0.717, 1.165) is 16.6 Å². The second kappa shape index (κ2) is 4.57. The first-order valence-corrected chi connectivity index (χ1v) is 5.86. The van der Waals surface area contributed by atoms with Gasteiger partial charge in [0.25, 0.3) is 5.56 Å². The molecule has 4 heteroatoms. The minimum Gasteiger partial charge on any atom is -0.268 e. The fraction of sp³-hybridized carbons (Fsp3) is 0. The van der Waals surface area contributed by atoms with Gasteiger partial charge in [-0.25, -0.2) is 4.39 Å². The van der Waals surface area contributed by atoms with Gasteiger partial charge < -0.3 is 0 Å². The molecule has 3 aromatic rings. The van der Waals surface area contributed by atoms with Crippen LogP contribution < -0.4 is 5.56 Å². The van der Waals surface area contributed by atoms with Crippen LogP contribution >= 0.6 is 0 Å². The van der Waals surface area contributed by atoms with Crippen molar-refractivity contribution in [1.29, 1.82) is 0 Å². The van der Waals surface area contributed by atoms with Gasteiger partial charge in [0.05, 0.1) is 5.52 Å². The van der Waals surface area contributed by atoms with E-state index < -0.39 is 0 Å². The molecular weight excluding hydrogens is 243 g/mol. The molecule has 19 heavy (non-hydrogen) atoms. The largest absolute Gasteiger partial charge is 0.268 e. The summed E-state index contributed by atoms with van der Waals surface area (Å²) in [6, 6.07) is 11.7. The zero-order chi connectivity index (χ0) is 13.2. The SMILES string of the molecule is O=c1cc2ccc(/C=C/c3cccc(F)c3)cn2[nH]1. The van der Waals surface area contributed by atoms with Crippen molar-refractivity contribution in [3.63, 3.8) is 0 Å². The van der Waals surface area contributed by atoms with Crippen LogP contribution in [0.1, 0.15) is 11.1 Å². The quantitative estimate of drug-likeness (QED) is 0.750. The van der Waals surface area contributed by atoms with E-state index in [2.05, 4.69) is 5.10 Å². The minimum absolute atomic E-state index is 0.133. The fourth-order valence-corrected chi connectivity index (χ4v) is 1.93. The summed E-state index contributed by atoms with van der Waals surface area (Å²) in [6.45, 7) is 0. The Hall–Kier alpha value is -2.62. The van der Waals surface area contributed by atoms with Gasteiger partial charge in [-0.2, -0.15) is 0 Å². The first-order chi connectivity index (χ1) is 9.20. The van der Waals surface area contributed by atoms with Crippen LogP contribution in [0, 0.1) is 5.82 Å². The van der Waals surface area contributed by atoms with Crippen LogP contribution in [0.5, 0.6) is 0 Å². The summed E-state index contributed by atoms with van der Waals surface area (Å²) in [5, 5.41) is 2.67. The highest BCUT2D eigenvalue weighted by atomic mass is 19.1. The highest BCUT2D eigenvalue weighted by Crippen LogP contribution is 2.10. The monoisotopic (exact) mass is 254 g/mol. The van der Waals surface area contributed by atoms with E-state index in [1.54, 1.807) is 10.6 Å². The smallest absolute Gasteiger partial charge is 0.264 e. The predicted octanol–water partition coefficient (Wildman–Crippen LogP) is 2.94. The number of aromatic nitrogens is 2. The van der Waals surface area contributed by atoms with Crippen molar-refractivity contribution in [2.75, 3.05) is 0 Å². The van der Waals surface area contributed by atoms with E-state index in [1.807, 2.05) is 36.5 Å². The number of fused-ring (bicyclic) bond motifs is 1. The van der Waals surface area contributed by atoms with Crippen LogP contribution in [0.15, 0.2) is 53.5 Å². The number of nitrogens with one attached hydrogen (secondary N) is 1. The lowest BCUT2D eigenvalue weighted by Gasteiger charge is -1.97. The summed E-state index contributed by atoms with van der Waals surface area (Å²) < 4.78 is 14.7. The number of H-pyrrole nitrogens is 1. The number of hydrogen-bond acceptors (Lipinski definition) is 1. The van der Waals surface area contributed by atoms with E-state index >= 15 is 0 Å². The Morgan fingerprint density at radius 1 is 1.05 bits per heavy atom.